The monoisotopic (exact) mass is 443 g/mol. The first-order chi connectivity index (χ1) is 14.6. The number of ether oxygens (including phenoxy) is 1. The molecule has 3 rings (SSSR count). The van der Waals surface area contributed by atoms with Gasteiger partial charge in [-0.05, 0) is 36.4 Å². The Kier molecular flexibility index (Phi) is 5.79. The van der Waals surface area contributed by atoms with Crippen LogP contribution in [0.5, 0.6) is 11.5 Å². The third kappa shape index (κ3) is 4.26. The molecule has 0 saturated heterocycles. The predicted molar refractivity (Wildman–Crippen MR) is 112 cm³/mol. The lowest BCUT2D eigenvalue weighted by Gasteiger charge is -2.15. The van der Waals surface area contributed by atoms with Gasteiger partial charge in [-0.2, -0.15) is 0 Å². The van der Waals surface area contributed by atoms with Crippen molar-refractivity contribution >= 4 is 32.8 Å². The molecular weight excluding hydrogens is 426 g/mol. The van der Waals surface area contributed by atoms with Crippen LogP contribution in [0.1, 0.15) is 10.4 Å². The molecule has 0 spiro atoms. The molecule has 160 valence electrons. The lowest BCUT2D eigenvalue weighted by atomic mass is 10.1. The summed E-state index contributed by atoms with van der Waals surface area (Å²) in [5, 5.41) is 23.0. The Bertz CT molecular complexity index is 1270. The highest BCUT2D eigenvalue weighted by Crippen LogP contribution is 2.32. The van der Waals surface area contributed by atoms with Crippen LogP contribution in [0.2, 0.25) is 0 Å². The van der Waals surface area contributed by atoms with Gasteiger partial charge in [-0.25, -0.2) is 8.42 Å². The number of methoxy groups -OCH3 is 1. The molecule has 0 aliphatic carbocycles. The number of nitrogen functional groups attached to an aromatic ring is 1. The first-order valence-electron chi connectivity index (χ1n) is 8.71. The Balaban J connectivity index is 2.07. The van der Waals surface area contributed by atoms with Gasteiger partial charge in [-0.3, -0.25) is 14.9 Å². The number of nitrogens with one attached hydrogen (secondary N) is 1. The van der Waals surface area contributed by atoms with Crippen LogP contribution in [-0.4, -0.2) is 31.5 Å². The van der Waals surface area contributed by atoms with Crippen molar-refractivity contribution in [2.24, 2.45) is 0 Å². The number of hydrogen-bond acceptors (Lipinski definition) is 8. The summed E-state index contributed by atoms with van der Waals surface area (Å²) in [5.74, 6) is -0.751. The van der Waals surface area contributed by atoms with E-state index in [-0.39, 0.29) is 43.9 Å². The number of hydrogen-bond donors (Lipinski definition) is 3. The molecule has 3 aromatic rings. The molecule has 1 amide bonds. The van der Waals surface area contributed by atoms with E-state index < -0.39 is 20.7 Å². The molecule has 11 heteroatoms. The zero-order valence-corrected chi connectivity index (χ0v) is 16.9. The number of non-ortho nitro benzene ring substituents is 1. The Hall–Kier alpha value is -4.12. The molecule has 0 aliphatic heterocycles. The fourth-order valence-corrected chi connectivity index (χ4v) is 4.35. The van der Waals surface area contributed by atoms with Crippen LogP contribution in [0.3, 0.4) is 0 Å². The van der Waals surface area contributed by atoms with E-state index in [1.54, 1.807) is 0 Å². The summed E-state index contributed by atoms with van der Waals surface area (Å²) in [6.45, 7) is 0. The van der Waals surface area contributed by atoms with Gasteiger partial charge in [-0.15, -0.1) is 0 Å². The quantitative estimate of drug-likeness (QED) is 0.297. The largest absolute Gasteiger partial charge is 0.508 e. The molecule has 0 aliphatic rings. The molecule has 3 aromatic carbocycles. The molecule has 0 fully saturated rings. The van der Waals surface area contributed by atoms with Crippen molar-refractivity contribution < 1.29 is 28.0 Å². The Morgan fingerprint density at radius 3 is 2.42 bits per heavy atom. The van der Waals surface area contributed by atoms with Gasteiger partial charge < -0.3 is 20.9 Å². The Morgan fingerprint density at radius 1 is 1.13 bits per heavy atom. The number of phenolic OH excluding ortho intramolecular Hbond substituents is 1. The maximum atomic E-state index is 13.2. The van der Waals surface area contributed by atoms with Crippen LogP contribution in [0.15, 0.2) is 70.5 Å². The van der Waals surface area contributed by atoms with Gasteiger partial charge in [0.2, 0.25) is 9.84 Å². The number of phenols is 1. The van der Waals surface area contributed by atoms with E-state index in [0.717, 1.165) is 24.3 Å². The first-order valence-corrected chi connectivity index (χ1v) is 10.2. The number of carbonyl (C=O) groups is 1. The van der Waals surface area contributed by atoms with Crippen LogP contribution in [0.25, 0.3) is 0 Å². The van der Waals surface area contributed by atoms with Crippen LogP contribution in [-0.2, 0) is 9.84 Å². The zero-order chi connectivity index (χ0) is 22.8. The lowest BCUT2D eigenvalue weighted by molar-refractivity contribution is -0.384. The number of aromatic hydroxyl groups is 1. The second-order valence-corrected chi connectivity index (χ2v) is 8.23. The summed E-state index contributed by atoms with van der Waals surface area (Å²) >= 11 is 0. The molecule has 0 bridgehead atoms. The van der Waals surface area contributed by atoms with Gasteiger partial charge in [0, 0.05) is 23.9 Å². The fraction of sp³-hybridized carbons (Fsp3) is 0.0500. The molecular formula is C20H17N3O7S. The molecule has 0 unspecified atom stereocenters. The molecule has 10 nitrogen and oxygen atoms in total. The van der Waals surface area contributed by atoms with Crippen molar-refractivity contribution in [1.82, 2.24) is 0 Å². The first kappa shape index (κ1) is 21.6. The smallest absolute Gasteiger partial charge is 0.269 e. The standard InChI is InChI=1S/C20H17N3O7S/c1-30-17-10-7-13(24)11-16(17)22-20(25)19-15(21)3-2-4-18(19)31(28,29)14-8-5-12(6-9-14)23(26)27/h2-11,24H,21H2,1H3,(H,22,25). The summed E-state index contributed by atoms with van der Waals surface area (Å²) in [7, 11) is -2.88. The van der Waals surface area contributed by atoms with Gasteiger partial charge in [0.05, 0.1) is 33.1 Å². The van der Waals surface area contributed by atoms with Gasteiger partial charge in [0.25, 0.3) is 11.6 Å². The zero-order valence-electron chi connectivity index (χ0n) is 16.1. The van der Waals surface area contributed by atoms with E-state index in [1.807, 2.05) is 0 Å². The topological polar surface area (TPSA) is 162 Å². The average Bonchev–Trinajstić information content (AvgIpc) is 2.73. The van der Waals surface area contributed by atoms with Crippen LogP contribution >= 0.6 is 0 Å². The van der Waals surface area contributed by atoms with E-state index in [1.165, 1.54) is 43.5 Å². The minimum absolute atomic E-state index is 0.0976. The van der Waals surface area contributed by atoms with Gasteiger partial charge in [0.1, 0.15) is 11.5 Å². The highest BCUT2D eigenvalue weighted by atomic mass is 32.2. The second kappa shape index (κ2) is 8.32. The van der Waals surface area contributed by atoms with Crippen molar-refractivity contribution in [2.45, 2.75) is 9.79 Å². The minimum atomic E-state index is -4.24. The van der Waals surface area contributed by atoms with E-state index in [4.69, 9.17) is 10.5 Å². The normalized spacial score (nSPS) is 11.0. The second-order valence-electron chi connectivity index (χ2n) is 6.31. The summed E-state index contributed by atoms with van der Waals surface area (Å²) in [4.78, 5) is 22.5. The number of carbonyl (C=O) groups excluding carboxylic acids is 1. The number of amides is 1. The van der Waals surface area contributed by atoms with Crippen LogP contribution < -0.4 is 15.8 Å². The number of nitrogens with two attached hydrogens (primary N) is 1. The summed E-state index contributed by atoms with van der Waals surface area (Å²) in [5.41, 5.74) is 5.34. The fourth-order valence-electron chi connectivity index (χ4n) is 2.87. The molecule has 0 saturated carbocycles. The van der Waals surface area contributed by atoms with Gasteiger partial charge >= 0.3 is 0 Å². The van der Waals surface area contributed by atoms with Gasteiger partial charge in [0.15, 0.2) is 0 Å². The van der Waals surface area contributed by atoms with E-state index >= 15 is 0 Å². The molecule has 0 aromatic heterocycles. The van der Waals surface area contributed by atoms with Crippen molar-refractivity contribution in [3.05, 3.63) is 76.3 Å². The number of nitro groups is 1. The summed E-state index contributed by atoms with van der Waals surface area (Å²) < 4.78 is 31.4. The third-order valence-corrected chi connectivity index (χ3v) is 6.18. The average molecular weight is 443 g/mol. The molecule has 31 heavy (non-hydrogen) atoms. The molecule has 0 atom stereocenters. The van der Waals surface area contributed by atoms with Crippen molar-refractivity contribution in [2.75, 3.05) is 18.2 Å². The number of sulfone groups is 1. The Labute approximate surface area is 177 Å². The maximum Gasteiger partial charge on any atom is 0.269 e. The number of anilines is 2. The van der Waals surface area contributed by atoms with Crippen molar-refractivity contribution in [1.29, 1.82) is 0 Å². The van der Waals surface area contributed by atoms with E-state index in [2.05, 4.69) is 5.32 Å². The number of benzene rings is 3. The third-order valence-electron chi connectivity index (χ3n) is 4.36. The molecule has 0 heterocycles. The minimum Gasteiger partial charge on any atom is -0.508 e. The van der Waals surface area contributed by atoms with Crippen molar-refractivity contribution in [3.63, 3.8) is 0 Å². The molecule has 0 radical (unpaired) electrons. The molecule has 4 N–H and O–H groups in total. The van der Waals surface area contributed by atoms with Crippen LogP contribution in [0.4, 0.5) is 17.1 Å². The number of nitro benzene ring substituents is 1. The highest BCUT2D eigenvalue weighted by Gasteiger charge is 2.27. The number of rotatable bonds is 6. The van der Waals surface area contributed by atoms with Crippen LogP contribution in [0, 0.1) is 10.1 Å². The van der Waals surface area contributed by atoms with E-state index in [9.17, 15) is 28.4 Å². The SMILES string of the molecule is COc1ccc(O)cc1NC(=O)c1c(N)cccc1S(=O)(=O)c1ccc([N+](=O)[O-])cc1. The predicted octanol–water partition coefficient (Wildman–Crippen LogP) is 2.98. The maximum absolute atomic E-state index is 13.2. The summed E-state index contributed by atoms with van der Waals surface area (Å²) in [6, 6.07) is 12.2. The highest BCUT2D eigenvalue weighted by molar-refractivity contribution is 7.91. The number of nitrogens with zero attached hydrogens (tertiary/aromatic N) is 1. The van der Waals surface area contributed by atoms with E-state index in [0.29, 0.717) is 0 Å². The lowest BCUT2D eigenvalue weighted by Crippen LogP contribution is -2.19. The van der Waals surface area contributed by atoms with Gasteiger partial charge in [-0.1, -0.05) is 6.07 Å². The Morgan fingerprint density at radius 2 is 1.81 bits per heavy atom. The summed E-state index contributed by atoms with van der Waals surface area (Å²) in [6.07, 6.45) is 0. The van der Waals surface area contributed by atoms with Crippen molar-refractivity contribution in [3.8, 4) is 11.5 Å².